The highest BCUT2D eigenvalue weighted by Crippen LogP contribution is 2.34. The molecule has 180 valence electrons. The first kappa shape index (κ1) is 25.6. The number of imidazole rings is 1. The molecule has 0 radical (unpaired) electrons. The Morgan fingerprint density at radius 1 is 1.27 bits per heavy atom. The molecular formula is C22H26ClF4N5S. The van der Waals surface area contributed by atoms with E-state index in [-0.39, 0.29) is 30.4 Å². The number of piperidine rings is 1. The number of rotatable bonds is 6. The van der Waals surface area contributed by atoms with Crippen molar-refractivity contribution in [1.29, 1.82) is 0 Å². The number of hydrogen-bond acceptors (Lipinski definition) is 5. The Morgan fingerprint density at radius 2 is 2.06 bits per heavy atom. The Kier molecular flexibility index (Phi) is 8.13. The summed E-state index contributed by atoms with van der Waals surface area (Å²) in [6.45, 7) is 5.86. The quantitative estimate of drug-likeness (QED) is 0.411. The first-order chi connectivity index (χ1) is 15.2. The van der Waals surface area contributed by atoms with E-state index in [2.05, 4.69) is 15.6 Å². The number of alkyl halides is 3. The molecule has 4 rings (SSSR count). The second kappa shape index (κ2) is 10.5. The summed E-state index contributed by atoms with van der Waals surface area (Å²) in [6, 6.07) is 4.57. The predicted octanol–water partition coefficient (Wildman–Crippen LogP) is 5.89. The van der Waals surface area contributed by atoms with Crippen molar-refractivity contribution >= 4 is 35.5 Å². The summed E-state index contributed by atoms with van der Waals surface area (Å²) in [5.74, 6) is -0.738. The van der Waals surface area contributed by atoms with Gasteiger partial charge in [0.1, 0.15) is 10.8 Å². The van der Waals surface area contributed by atoms with E-state index in [1.165, 1.54) is 0 Å². The van der Waals surface area contributed by atoms with Gasteiger partial charge >= 0.3 is 6.18 Å². The van der Waals surface area contributed by atoms with Crippen LogP contribution in [0.5, 0.6) is 0 Å². The van der Waals surface area contributed by atoms with Crippen molar-refractivity contribution in [2.75, 3.05) is 18.4 Å². The van der Waals surface area contributed by atoms with E-state index in [0.29, 0.717) is 22.7 Å². The number of hydrogen-bond donors (Lipinski definition) is 2. The van der Waals surface area contributed by atoms with Gasteiger partial charge in [-0.3, -0.25) is 0 Å². The summed E-state index contributed by atoms with van der Waals surface area (Å²) in [4.78, 5) is 4.46. The molecule has 1 saturated heterocycles. The zero-order valence-electron chi connectivity index (χ0n) is 18.2. The summed E-state index contributed by atoms with van der Waals surface area (Å²) in [5.41, 5.74) is 1.05. The third-order valence-corrected chi connectivity index (χ3v) is 6.63. The minimum atomic E-state index is -4.64. The first-order valence-corrected chi connectivity index (χ1v) is 11.5. The van der Waals surface area contributed by atoms with Crippen molar-refractivity contribution in [2.24, 2.45) is 0 Å². The lowest BCUT2D eigenvalue weighted by Crippen LogP contribution is -2.31. The van der Waals surface area contributed by atoms with Crippen LogP contribution in [0.4, 0.5) is 23.2 Å². The molecule has 1 aromatic carbocycles. The van der Waals surface area contributed by atoms with Crippen LogP contribution in [0, 0.1) is 5.82 Å². The third kappa shape index (κ3) is 5.91. The first-order valence-electron chi connectivity index (χ1n) is 10.6. The van der Waals surface area contributed by atoms with Gasteiger partial charge in [-0.15, -0.1) is 12.4 Å². The van der Waals surface area contributed by atoms with Gasteiger partial charge in [0.15, 0.2) is 5.65 Å². The van der Waals surface area contributed by atoms with Gasteiger partial charge in [0, 0.05) is 18.3 Å². The Morgan fingerprint density at radius 3 is 2.73 bits per heavy atom. The normalized spacial score (nSPS) is 16.8. The van der Waals surface area contributed by atoms with Gasteiger partial charge < -0.3 is 10.6 Å². The molecule has 0 spiro atoms. The zero-order chi connectivity index (χ0) is 22.9. The second-order valence-corrected chi connectivity index (χ2v) is 9.53. The van der Waals surface area contributed by atoms with Crippen molar-refractivity contribution in [3.05, 3.63) is 53.1 Å². The fourth-order valence-corrected chi connectivity index (χ4v) is 4.93. The number of nitrogens with one attached hydrogen (secondary N) is 2. The van der Waals surface area contributed by atoms with Crippen LogP contribution in [0.3, 0.4) is 0 Å². The Bertz CT molecular complexity index is 1100. The van der Waals surface area contributed by atoms with Crippen LogP contribution in [0.1, 0.15) is 49.4 Å². The molecule has 5 nitrogen and oxygen atoms in total. The smallest absolute Gasteiger partial charge is 0.378 e. The molecule has 3 heterocycles. The number of nitrogens with zero attached hydrogens (tertiary/aromatic N) is 3. The van der Waals surface area contributed by atoms with E-state index < -0.39 is 17.6 Å². The summed E-state index contributed by atoms with van der Waals surface area (Å²) in [7, 11) is 0. The van der Waals surface area contributed by atoms with Crippen LogP contribution in [-0.2, 0) is 12.7 Å². The lowest BCUT2D eigenvalue weighted by atomic mass is 10.1. The molecule has 2 N–H and O–H groups in total. The highest BCUT2D eigenvalue weighted by molar-refractivity contribution is 7.99. The molecule has 1 aliphatic heterocycles. The molecule has 11 heteroatoms. The molecular weight excluding hydrogens is 478 g/mol. The van der Waals surface area contributed by atoms with Crippen molar-refractivity contribution in [3.8, 4) is 0 Å². The van der Waals surface area contributed by atoms with Gasteiger partial charge in [-0.25, -0.2) is 13.9 Å². The molecule has 0 saturated carbocycles. The molecule has 0 bridgehead atoms. The minimum Gasteiger partial charge on any atom is -0.378 e. The van der Waals surface area contributed by atoms with Crippen LogP contribution in [-0.4, -0.2) is 32.9 Å². The van der Waals surface area contributed by atoms with Crippen molar-refractivity contribution in [1.82, 2.24) is 19.9 Å². The van der Waals surface area contributed by atoms with Gasteiger partial charge in [-0.05, 0) is 49.1 Å². The van der Waals surface area contributed by atoms with Crippen LogP contribution in [0.25, 0.3) is 5.65 Å². The summed E-state index contributed by atoms with van der Waals surface area (Å²) in [5, 5.41) is 12.4. The van der Waals surface area contributed by atoms with E-state index >= 15 is 0 Å². The fraction of sp³-hybridized carbons (Fsp3) is 0.455. The minimum absolute atomic E-state index is 0. The number of aromatic nitrogens is 3. The molecule has 1 aliphatic rings. The average Bonchev–Trinajstić information content (AvgIpc) is 3.17. The van der Waals surface area contributed by atoms with Crippen molar-refractivity contribution in [2.45, 2.75) is 55.6 Å². The van der Waals surface area contributed by atoms with Gasteiger partial charge in [-0.2, -0.15) is 18.3 Å². The van der Waals surface area contributed by atoms with E-state index in [1.54, 1.807) is 22.5 Å². The lowest BCUT2D eigenvalue weighted by molar-refractivity contribution is -0.138. The SMILES string of the molecule is CC(C)c1cnc2c(NCc3ccc(F)cc3C(F)(F)F)cc(SC3CCCNC3)nn12.Cl. The molecule has 33 heavy (non-hydrogen) atoms. The number of benzene rings is 1. The molecule has 1 atom stereocenters. The molecule has 2 aromatic heterocycles. The van der Waals surface area contributed by atoms with E-state index in [1.807, 2.05) is 19.9 Å². The monoisotopic (exact) mass is 503 g/mol. The molecule has 1 unspecified atom stereocenters. The zero-order valence-corrected chi connectivity index (χ0v) is 19.9. The summed E-state index contributed by atoms with van der Waals surface area (Å²) in [6.07, 6.45) is -0.725. The number of fused-ring (bicyclic) bond motifs is 1. The van der Waals surface area contributed by atoms with Crippen LogP contribution in [0.2, 0.25) is 0 Å². The highest BCUT2D eigenvalue weighted by atomic mass is 35.5. The van der Waals surface area contributed by atoms with Crippen LogP contribution in [0.15, 0.2) is 35.5 Å². The average molecular weight is 504 g/mol. The van der Waals surface area contributed by atoms with Gasteiger partial charge in [-0.1, -0.05) is 31.7 Å². The topological polar surface area (TPSA) is 54.2 Å². The van der Waals surface area contributed by atoms with E-state index in [9.17, 15) is 17.6 Å². The maximum Gasteiger partial charge on any atom is 0.416 e. The molecule has 1 fully saturated rings. The standard InChI is InChI=1S/C22H25F4N5S.ClH/c1-13(2)19-12-29-21-18(9-20(30-31(19)21)32-16-4-3-7-27-11-16)28-10-14-5-6-15(23)8-17(14)22(24,25)26;/h5-6,8-9,12-13,16,27-28H,3-4,7,10-11H2,1-2H3;1H. The van der Waals surface area contributed by atoms with E-state index in [0.717, 1.165) is 48.8 Å². The molecule has 0 amide bonds. The van der Waals surface area contributed by atoms with Gasteiger partial charge in [0.25, 0.3) is 0 Å². The highest BCUT2D eigenvalue weighted by Gasteiger charge is 2.33. The van der Waals surface area contributed by atoms with Crippen LogP contribution < -0.4 is 10.6 Å². The predicted molar refractivity (Wildman–Crippen MR) is 125 cm³/mol. The van der Waals surface area contributed by atoms with Crippen molar-refractivity contribution < 1.29 is 17.6 Å². The number of thioether (sulfide) groups is 1. The Labute approximate surface area is 200 Å². The second-order valence-electron chi connectivity index (χ2n) is 8.21. The number of anilines is 1. The fourth-order valence-electron chi connectivity index (χ4n) is 3.79. The van der Waals surface area contributed by atoms with Crippen LogP contribution >= 0.6 is 24.2 Å². The summed E-state index contributed by atoms with van der Waals surface area (Å²) >= 11 is 1.66. The largest absolute Gasteiger partial charge is 0.416 e. The third-order valence-electron chi connectivity index (χ3n) is 5.45. The summed E-state index contributed by atoms with van der Waals surface area (Å²) < 4.78 is 55.4. The Hall–Kier alpha value is -2.04. The van der Waals surface area contributed by atoms with Gasteiger partial charge in [0.2, 0.25) is 0 Å². The number of halogens is 5. The maximum atomic E-state index is 13.5. The molecule has 0 aliphatic carbocycles. The maximum absolute atomic E-state index is 13.5. The Balaban J connectivity index is 0.00000306. The van der Waals surface area contributed by atoms with Gasteiger partial charge in [0.05, 0.1) is 23.1 Å². The van der Waals surface area contributed by atoms with E-state index in [4.69, 9.17) is 5.10 Å². The lowest BCUT2D eigenvalue weighted by Gasteiger charge is -2.22. The van der Waals surface area contributed by atoms with Crippen molar-refractivity contribution in [3.63, 3.8) is 0 Å². The molecule has 3 aromatic rings.